The van der Waals surface area contributed by atoms with Crippen LogP contribution in [-0.4, -0.2) is 45.1 Å². The predicted octanol–water partition coefficient (Wildman–Crippen LogP) is 1.36. The molecule has 0 radical (unpaired) electrons. The third-order valence-corrected chi connectivity index (χ3v) is 4.53. The molecule has 3 aromatic rings. The molecule has 0 fully saturated rings. The Morgan fingerprint density at radius 3 is 2.76 bits per heavy atom. The van der Waals surface area contributed by atoms with Gasteiger partial charge in [-0.15, -0.1) is 0 Å². The van der Waals surface area contributed by atoms with E-state index in [0.717, 1.165) is 5.56 Å². The molecule has 5 N–H and O–H groups in total. The lowest BCUT2D eigenvalue weighted by atomic mass is 9.79. The van der Waals surface area contributed by atoms with Gasteiger partial charge in [0.25, 0.3) is 0 Å². The summed E-state index contributed by atoms with van der Waals surface area (Å²) in [5.74, 6) is -0.242. The highest BCUT2D eigenvalue weighted by Crippen LogP contribution is 2.23. The Morgan fingerprint density at radius 2 is 2.03 bits per heavy atom. The van der Waals surface area contributed by atoms with Gasteiger partial charge in [0.15, 0.2) is 11.5 Å². The highest BCUT2D eigenvalue weighted by atomic mass is 79.9. The first-order valence-electron chi connectivity index (χ1n) is 8.43. The van der Waals surface area contributed by atoms with E-state index in [9.17, 15) is 19.6 Å². The van der Waals surface area contributed by atoms with Crippen LogP contribution in [0.4, 0.5) is 15.9 Å². The summed E-state index contributed by atoms with van der Waals surface area (Å²) in [5.41, 5.74) is 3.71. The van der Waals surface area contributed by atoms with Crippen molar-refractivity contribution in [2.45, 2.75) is 6.42 Å². The van der Waals surface area contributed by atoms with Gasteiger partial charge in [0.1, 0.15) is 5.82 Å². The van der Waals surface area contributed by atoms with Crippen molar-refractivity contribution in [3.8, 4) is 0 Å². The minimum absolute atomic E-state index is 0.0438. The molecule has 0 atom stereocenters. The van der Waals surface area contributed by atoms with Gasteiger partial charge in [0, 0.05) is 6.54 Å². The number of aliphatic imine (C=N–C) groups is 1. The zero-order chi connectivity index (χ0) is 20.8. The van der Waals surface area contributed by atoms with E-state index in [1.165, 1.54) is 18.2 Å². The number of hydroxylamine groups is 1. The lowest BCUT2D eigenvalue weighted by Gasteiger charge is -2.07. The summed E-state index contributed by atoms with van der Waals surface area (Å²) < 4.78 is 18.3. The third-order valence-electron chi connectivity index (χ3n) is 3.92. The number of benzene rings is 2. The van der Waals surface area contributed by atoms with E-state index in [-0.39, 0.29) is 21.8 Å². The minimum atomic E-state index is -1.53. The Hall–Kier alpha value is -2.80. The molecular formula is C17H16BBrFN5O4. The van der Waals surface area contributed by atoms with Crippen LogP contribution in [0.25, 0.3) is 0 Å². The van der Waals surface area contributed by atoms with Gasteiger partial charge in [-0.1, -0.05) is 24.3 Å². The summed E-state index contributed by atoms with van der Waals surface area (Å²) in [6.07, 6.45) is 0.552. The number of amidine groups is 1. The Labute approximate surface area is 173 Å². The molecule has 9 nitrogen and oxygen atoms in total. The zero-order valence-electron chi connectivity index (χ0n) is 14.9. The molecule has 0 bridgehead atoms. The molecular weight excluding hydrogens is 448 g/mol. The molecule has 0 saturated carbocycles. The molecule has 0 unspecified atom stereocenters. The molecule has 1 heterocycles. The van der Waals surface area contributed by atoms with Gasteiger partial charge >= 0.3 is 7.12 Å². The SMILES string of the molecule is ONC(=Nc1ccc(F)c(Br)c1)c1nonc1NCCc1cccc(B(O)O)c1. The molecule has 3 rings (SSSR count). The van der Waals surface area contributed by atoms with Gasteiger partial charge in [0.05, 0.1) is 10.2 Å². The molecule has 0 saturated heterocycles. The fraction of sp³-hybridized carbons (Fsp3) is 0.118. The van der Waals surface area contributed by atoms with Crippen LogP contribution < -0.4 is 16.3 Å². The topological polar surface area (TPSA) is 136 Å². The first kappa shape index (κ1) is 20.9. The van der Waals surface area contributed by atoms with Crippen molar-refractivity contribution in [1.29, 1.82) is 0 Å². The van der Waals surface area contributed by atoms with E-state index >= 15 is 0 Å². The second-order valence-electron chi connectivity index (χ2n) is 5.93. The molecule has 150 valence electrons. The maximum absolute atomic E-state index is 13.4. The van der Waals surface area contributed by atoms with Crippen molar-refractivity contribution in [2.75, 3.05) is 11.9 Å². The molecule has 0 aliphatic rings. The molecule has 0 aliphatic heterocycles. The van der Waals surface area contributed by atoms with Crippen LogP contribution in [0.3, 0.4) is 0 Å². The smallest absolute Gasteiger partial charge is 0.423 e. The van der Waals surface area contributed by atoms with E-state index in [4.69, 9.17) is 4.63 Å². The normalized spacial score (nSPS) is 11.4. The first-order chi connectivity index (χ1) is 14.0. The monoisotopic (exact) mass is 463 g/mol. The highest BCUT2D eigenvalue weighted by Gasteiger charge is 2.17. The molecule has 0 aliphatic carbocycles. The van der Waals surface area contributed by atoms with Crippen molar-refractivity contribution in [3.05, 3.63) is 64.0 Å². The van der Waals surface area contributed by atoms with E-state index in [1.807, 2.05) is 11.5 Å². The predicted molar refractivity (Wildman–Crippen MR) is 108 cm³/mol. The molecule has 1 aromatic heterocycles. The van der Waals surface area contributed by atoms with Gasteiger partial charge in [-0.25, -0.2) is 14.0 Å². The fourth-order valence-corrected chi connectivity index (χ4v) is 2.88. The summed E-state index contributed by atoms with van der Waals surface area (Å²) in [6, 6.07) is 11.0. The number of nitrogens with zero attached hydrogens (tertiary/aromatic N) is 3. The molecule has 0 amide bonds. The molecule has 0 spiro atoms. The Morgan fingerprint density at radius 1 is 1.21 bits per heavy atom. The van der Waals surface area contributed by atoms with Gasteiger partial charge in [0.2, 0.25) is 5.82 Å². The fourth-order valence-electron chi connectivity index (χ4n) is 2.51. The molecule has 29 heavy (non-hydrogen) atoms. The Kier molecular flexibility index (Phi) is 6.93. The van der Waals surface area contributed by atoms with Gasteiger partial charge in [-0.05, 0) is 61.9 Å². The average molecular weight is 464 g/mol. The maximum Gasteiger partial charge on any atom is 0.488 e. The van der Waals surface area contributed by atoms with Crippen LogP contribution in [-0.2, 0) is 6.42 Å². The maximum atomic E-state index is 13.4. The number of anilines is 1. The van der Waals surface area contributed by atoms with Gasteiger partial charge < -0.3 is 15.4 Å². The number of aromatic nitrogens is 2. The first-order valence-corrected chi connectivity index (χ1v) is 9.23. The number of hydrogen-bond donors (Lipinski definition) is 5. The summed E-state index contributed by atoms with van der Waals surface area (Å²) in [6.45, 7) is 0.424. The second kappa shape index (κ2) is 9.61. The standard InChI is InChI=1S/C17H16BBrFN5O4/c19-13-9-12(4-5-14(13)20)22-17(23-28)15-16(25-29-24-15)21-7-6-10-2-1-3-11(8-10)18(26)27/h1-5,8-9,26-28H,6-7H2,(H,21,25)(H,22,23). The summed E-state index contributed by atoms with van der Waals surface area (Å²) in [4.78, 5) is 4.18. The lowest BCUT2D eigenvalue weighted by molar-refractivity contribution is 0.234. The second-order valence-corrected chi connectivity index (χ2v) is 6.78. The van der Waals surface area contributed by atoms with Crippen molar-refractivity contribution >= 4 is 45.9 Å². The van der Waals surface area contributed by atoms with Crippen molar-refractivity contribution in [1.82, 2.24) is 15.8 Å². The van der Waals surface area contributed by atoms with Crippen LogP contribution in [0.15, 0.2) is 56.6 Å². The zero-order valence-corrected chi connectivity index (χ0v) is 16.5. The number of halogens is 2. The average Bonchev–Trinajstić information content (AvgIpc) is 3.17. The van der Waals surface area contributed by atoms with Gasteiger partial charge in [-0.2, -0.15) is 0 Å². The van der Waals surface area contributed by atoms with Crippen LogP contribution >= 0.6 is 15.9 Å². The van der Waals surface area contributed by atoms with Crippen LogP contribution in [0, 0.1) is 5.82 Å². The Bertz CT molecular complexity index is 1020. The van der Waals surface area contributed by atoms with E-state index < -0.39 is 12.9 Å². The van der Waals surface area contributed by atoms with Crippen molar-refractivity contribution in [2.24, 2.45) is 4.99 Å². The summed E-state index contributed by atoms with van der Waals surface area (Å²) in [5, 5.41) is 38.4. The van der Waals surface area contributed by atoms with E-state index in [2.05, 4.69) is 36.6 Å². The van der Waals surface area contributed by atoms with E-state index in [1.54, 1.807) is 18.2 Å². The van der Waals surface area contributed by atoms with Crippen molar-refractivity contribution < 1.29 is 24.3 Å². The Balaban J connectivity index is 1.71. The lowest BCUT2D eigenvalue weighted by Crippen LogP contribution is -2.30. The van der Waals surface area contributed by atoms with E-state index in [0.29, 0.717) is 24.1 Å². The van der Waals surface area contributed by atoms with Crippen LogP contribution in [0.1, 0.15) is 11.3 Å². The van der Waals surface area contributed by atoms with Crippen LogP contribution in [0.5, 0.6) is 0 Å². The number of rotatable bonds is 7. The largest absolute Gasteiger partial charge is 0.488 e. The number of hydrogen-bond acceptors (Lipinski definition) is 8. The molecule has 12 heteroatoms. The third kappa shape index (κ3) is 5.38. The molecule has 2 aromatic carbocycles. The van der Waals surface area contributed by atoms with Crippen molar-refractivity contribution in [3.63, 3.8) is 0 Å². The quantitative estimate of drug-likeness (QED) is 0.153. The highest BCUT2D eigenvalue weighted by molar-refractivity contribution is 9.10. The van der Waals surface area contributed by atoms with Crippen LogP contribution in [0.2, 0.25) is 0 Å². The number of nitrogens with one attached hydrogen (secondary N) is 2. The summed E-state index contributed by atoms with van der Waals surface area (Å²) in [7, 11) is -1.53. The minimum Gasteiger partial charge on any atom is -0.423 e. The van der Waals surface area contributed by atoms with Gasteiger partial charge in [-0.3, -0.25) is 10.7 Å². The summed E-state index contributed by atoms with van der Waals surface area (Å²) >= 11 is 3.07.